The second-order valence-electron chi connectivity index (χ2n) is 4.54. The van der Waals surface area contributed by atoms with Gasteiger partial charge in [-0.1, -0.05) is 44.2 Å². The van der Waals surface area contributed by atoms with Gasteiger partial charge in [0, 0.05) is 5.92 Å². The van der Waals surface area contributed by atoms with Gasteiger partial charge in [0.1, 0.15) is 0 Å². The van der Waals surface area contributed by atoms with E-state index >= 15 is 0 Å². The van der Waals surface area contributed by atoms with E-state index in [1.165, 1.54) is 6.08 Å². The lowest BCUT2D eigenvalue weighted by atomic mass is 10.0. The number of ether oxygens (including phenoxy) is 2. The van der Waals surface area contributed by atoms with E-state index in [2.05, 4.69) is 0 Å². The van der Waals surface area contributed by atoms with E-state index < -0.39 is 23.6 Å². The van der Waals surface area contributed by atoms with E-state index in [9.17, 15) is 14.7 Å². The molecule has 1 heterocycles. The molecular formula is C14H14O5. The molecule has 1 saturated heterocycles. The fourth-order valence-corrected chi connectivity index (χ4v) is 1.77. The standard InChI is InChI=1S/C14H14O5/c1-9(2)14(13(16)17)18-11(12(15)19-14)8-10-6-4-3-5-7-10/h3-9H,1-2H3,(H,16,17)/b11-8-/t14-/m0/s1. The van der Waals surface area contributed by atoms with Crippen molar-refractivity contribution < 1.29 is 24.2 Å². The molecule has 19 heavy (non-hydrogen) atoms. The first-order chi connectivity index (χ1) is 8.95. The van der Waals surface area contributed by atoms with Gasteiger partial charge in [-0.25, -0.2) is 9.59 Å². The van der Waals surface area contributed by atoms with Gasteiger partial charge in [0.05, 0.1) is 0 Å². The fraction of sp³-hybridized carbons (Fsp3) is 0.286. The summed E-state index contributed by atoms with van der Waals surface area (Å²) in [4.78, 5) is 23.0. The summed E-state index contributed by atoms with van der Waals surface area (Å²) in [7, 11) is 0. The maximum Gasteiger partial charge on any atom is 0.390 e. The molecule has 100 valence electrons. The van der Waals surface area contributed by atoms with Crippen LogP contribution in [-0.2, 0) is 19.1 Å². The molecule has 1 aliphatic heterocycles. The Balaban J connectivity index is 2.34. The fourth-order valence-electron chi connectivity index (χ4n) is 1.77. The summed E-state index contributed by atoms with van der Waals surface area (Å²) in [5.41, 5.74) is 0.736. The Morgan fingerprint density at radius 1 is 1.26 bits per heavy atom. The van der Waals surface area contributed by atoms with E-state index in [4.69, 9.17) is 9.47 Å². The summed E-state index contributed by atoms with van der Waals surface area (Å²) in [5.74, 6) is -4.61. The highest BCUT2D eigenvalue weighted by molar-refractivity contribution is 5.96. The van der Waals surface area contributed by atoms with Crippen LogP contribution in [0.4, 0.5) is 0 Å². The van der Waals surface area contributed by atoms with Gasteiger partial charge in [0.25, 0.3) is 0 Å². The van der Waals surface area contributed by atoms with Crippen LogP contribution in [0.25, 0.3) is 6.08 Å². The molecular weight excluding hydrogens is 248 g/mol. The van der Waals surface area contributed by atoms with Crippen molar-refractivity contribution in [3.8, 4) is 0 Å². The van der Waals surface area contributed by atoms with Crippen molar-refractivity contribution in [1.82, 2.24) is 0 Å². The van der Waals surface area contributed by atoms with E-state index in [0.29, 0.717) is 0 Å². The van der Waals surface area contributed by atoms with Crippen LogP contribution < -0.4 is 0 Å². The van der Waals surface area contributed by atoms with E-state index in [-0.39, 0.29) is 5.76 Å². The first kappa shape index (κ1) is 13.1. The minimum atomic E-state index is -1.93. The van der Waals surface area contributed by atoms with Crippen LogP contribution in [0.15, 0.2) is 36.1 Å². The predicted octanol–water partition coefficient (Wildman–Crippen LogP) is 2.04. The first-order valence-electron chi connectivity index (χ1n) is 5.88. The predicted molar refractivity (Wildman–Crippen MR) is 66.8 cm³/mol. The third-order valence-electron chi connectivity index (χ3n) is 2.86. The van der Waals surface area contributed by atoms with Crippen LogP contribution in [0, 0.1) is 5.92 Å². The lowest BCUT2D eigenvalue weighted by molar-refractivity contribution is -0.212. The summed E-state index contributed by atoms with van der Waals surface area (Å²) >= 11 is 0. The van der Waals surface area contributed by atoms with Crippen molar-refractivity contribution in [3.05, 3.63) is 41.7 Å². The second-order valence-corrected chi connectivity index (χ2v) is 4.54. The molecule has 0 aliphatic carbocycles. The third-order valence-corrected chi connectivity index (χ3v) is 2.86. The number of hydrogen-bond acceptors (Lipinski definition) is 4. The van der Waals surface area contributed by atoms with E-state index in [0.717, 1.165) is 5.56 Å². The van der Waals surface area contributed by atoms with Gasteiger partial charge in [-0.05, 0) is 11.6 Å². The molecule has 1 aromatic rings. The van der Waals surface area contributed by atoms with Crippen LogP contribution >= 0.6 is 0 Å². The number of aliphatic carboxylic acids is 1. The number of carbonyl (C=O) groups excluding carboxylic acids is 1. The maximum atomic E-state index is 11.7. The summed E-state index contributed by atoms with van der Waals surface area (Å²) in [6.07, 6.45) is 1.47. The molecule has 1 aliphatic rings. The summed E-state index contributed by atoms with van der Waals surface area (Å²) in [5, 5.41) is 9.21. The van der Waals surface area contributed by atoms with Gasteiger partial charge >= 0.3 is 17.7 Å². The van der Waals surface area contributed by atoms with E-state index in [1.807, 2.05) is 6.07 Å². The zero-order valence-corrected chi connectivity index (χ0v) is 10.6. The van der Waals surface area contributed by atoms with Crippen molar-refractivity contribution >= 4 is 18.0 Å². The monoisotopic (exact) mass is 262 g/mol. The Labute approximate surface area is 110 Å². The number of carboxylic acid groups (broad SMARTS) is 1. The quantitative estimate of drug-likeness (QED) is 0.666. The number of esters is 1. The summed E-state index contributed by atoms with van der Waals surface area (Å²) in [6, 6.07) is 9.00. The molecule has 5 heteroatoms. The van der Waals surface area contributed by atoms with Gasteiger partial charge in [-0.3, -0.25) is 0 Å². The van der Waals surface area contributed by atoms with Crippen LogP contribution in [0.2, 0.25) is 0 Å². The van der Waals surface area contributed by atoms with Crippen molar-refractivity contribution in [3.63, 3.8) is 0 Å². The smallest absolute Gasteiger partial charge is 0.390 e. The number of benzene rings is 1. The minimum absolute atomic E-state index is 0.0951. The van der Waals surface area contributed by atoms with Crippen molar-refractivity contribution in [2.75, 3.05) is 0 Å². The molecule has 5 nitrogen and oxygen atoms in total. The highest BCUT2D eigenvalue weighted by atomic mass is 16.8. The molecule has 0 aromatic heterocycles. The third kappa shape index (κ3) is 2.31. The molecule has 0 spiro atoms. The molecule has 0 bridgehead atoms. The number of carboxylic acids is 1. The minimum Gasteiger partial charge on any atom is -0.475 e. The number of carbonyl (C=O) groups is 2. The highest BCUT2D eigenvalue weighted by Gasteiger charge is 2.55. The Morgan fingerprint density at radius 2 is 1.89 bits per heavy atom. The molecule has 1 fully saturated rings. The number of cyclic esters (lactones) is 1. The van der Waals surface area contributed by atoms with Crippen molar-refractivity contribution in [2.24, 2.45) is 5.92 Å². The average Bonchev–Trinajstić information content (AvgIpc) is 2.69. The maximum absolute atomic E-state index is 11.7. The van der Waals surface area contributed by atoms with Gasteiger partial charge in [0.15, 0.2) is 0 Å². The molecule has 2 rings (SSSR count). The molecule has 1 aromatic carbocycles. The normalized spacial score (nSPS) is 24.4. The molecule has 0 radical (unpaired) electrons. The SMILES string of the molecule is CC(C)[C@@]1(C(=O)O)OC(=O)/C(=C/c2ccccc2)O1. The topological polar surface area (TPSA) is 72.8 Å². The van der Waals surface area contributed by atoms with Gasteiger partial charge < -0.3 is 14.6 Å². The average molecular weight is 262 g/mol. The lowest BCUT2D eigenvalue weighted by Crippen LogP contribution is -2.45. The lowest BCUT2D eigenvalue weighted by Gasteiger charge is -2.24. The molecule has 1 N–H and O–H groups in total. The number of rotatable bonds is 3. The Hall–Kier alpha value is -2.30. The largest absolute Gasteiger partial charge is 0.475 e. The first-order valence-corrected chi connectivity index (χ1v) is 5.88. The summed E-state index contributed by atoms with van der Waals surface area (Å²) < 4.78 is 10.2. The Bertz CT molecular complexity index is 532. The van der Waals surface area contributed by atoms with Crippen molar-refractivity contribution in [1.29, 1.82) is 0 Å². The van der Waals surface area contributed by atoms with Crippen LogP contribution in [-0.4, -0.2) is 22.8 Å². The Kier molecular flexibility index (Phi) is 3.29. The molecule has 0 saturated carbocycles. The van der Waals surface area contributed by atoms with Crippen LogP contribution in [0.5, 0.6) is 0 Å². The van der Waals surface area contributed by atoms with Crippen LogP contribution in [0.3, 0.4) is 0 Å². The van der Waals surface area contributed by atoms with Crippen molar-refractivity contribution in [2.45, 2.75) is 19.6 Å². The number of hydrogen-bond donors (Lipinski definition) is 1. The Morgan fingerprint density at radius 3 is 2.37 bits per heavy atom. The molecule has 0 amide bonds. The zero-order chi connectivity index (χ0) is 14.0. The van der Waals surface area contributed by atoms with Gasteiger partial charge in [-0.15, -0.1) is 0 Å². The molecule has 0 unspecified atom stereocenters. The van der Waals surface area contributed by atoms with Gasteiger partial charge in [-0.2, -0.15) is 0 Å². The van der Waals surface area contributed by atoms with E-state index in [1.54, 1.807) is 38.1 Å². The summed E-state index contributed by atoms with van der Waals surface area (Å²) in [6.45, 7) is 3.24. The van der Waals surface area contributed by atoms with Crippen LogP contribution in [0.1, 0.15) is 19.4 Å². The molecule has 1 atom stereocenters. The second kappa shape index (κ2) is 4.76. The highest BCUT2D eigenvalue weighted by Crippen LogP contribution is 2.35. The van der Waals surface area contributed by atoms with Gasteiger partial charge in [0.2, 0.25) is 5.76 Å². The zero-order valence-electron chi connectivity index (χ0n) is 10.6.